The normalized spacial score (nSPS) is 18.9. The van der Waals surface area contributed by atoms with Crippen LogP contribution in [0.3, 0.4) is 0 Å². The van der Waals surface area contributed by atoms with Gasteiger partial charge in [0.15, 0.2) is 0 Å². The molecule has 0 bridgehead atoms. The van der Waals surface area contributed by atoms with Crippen LogP contribution >= 0.6 is 0 Å². The molecular weight excluding hydrogens is 264 g/mol. The average molecular weight is 284 g/mol. The number of rotatable bonds is 4. The Morgan fingerprint density at radius 2 is 2.21 bits per heavy atom. The van der Waals surface area contributed by atoms with Crippen LogP contribution in [0.4, 0.5) is 5.69 Å². The first-order valence-corrected chi connectivity index (χ1v) is 8.28. The Labute approximate surface area is 114 Å². The maximum atomic E-state index is 11.9. The topological polar surface area (TPSA) is 72.6 Å². The van der Waals surface area contributed by atoms with Crippen LogP contribution < -0.4 is 14.8 Å². The SMILES string of the molecule is CCC1CN(S(C)(=O)=O)c2cc(CCN)ccc2O1. The molecule has 1 heterocycles. The summed E-state index contributed by atoms with van der Waals surface area (Å²) >= 11 is 0. The Morgan fingerprint density at radius 1 is 1.47 bits per heavy atom. The molecule has 1 aromatic carbocycles. The molecule has 2 rings (SSSR count). The summed E-state index contributed by atoms with van der Waals surface area (Å²) in [6, 6.07) is 5.62. The first-order chi connectivity index (χ1) is 8.95. The van der Waals surface area contributed by atoms with Crippen molar-refractivity contribution in [3.8, 4) is 5.75 Å². The highest BCUT2D eigenvalue weighted by atomic mass is 32.2. The molecule has 1 aliphatic heterocycles. The molecule has 0 aromatic heterocycles. The highest BCUT2D eigenvalue weighted by Crippen LogP contribution is 2.36. The lowest BCUT2D eigenvalue weighted by Crippen LogP contribution is -2.42. The van der Waals surface area contributed by atoms with Crippen LogP contribution in [0.1, 0.15) is 18.9 Å². The van der Waals surface area contributed by atoms with Crippen molar-refractivity contribution in [1.29, 1.82) is 0 Å². The van der Waals surface area contributed by atoms with Gasteiger partial charge in [-0.15, -0.1) is 0 Å². The zero-order valence-corrected chi connectivity index (χ0v) is 12.1. The monoisotopic (exact) mass is 284 g/mol. The first-order valence-electron chi connectivity index (χ1n) is 6.43. The number of hydrogen-bond acceptors (Lipinski definition) is 4. The van der Waals surface area contributed by atoms with Crippen molar-refractivity contribution in [2.45, 2.75) is 25.9 Å². The smallest absolute Gasteiger partial charge is 0.232 e. The van der Waals surface area contributed by atoms with Crippen molar-refractivity contribution in [2.24, 2.45) is 5.73 Å². The number of nitrogens with two attached hydrogens (primary N) is 1. The van der Waals surface area contributed by atoms with Gasteiger partial charge in [-0.05, 0) is 37.1 Å². The van der Waals surface area contributed by atoms with E-state index < -0.39 is 10.0 Å². The number of ether oxygens (including phenoxy) is 1. The van der Waals surface area contributed by atoms with E-state index in [0.717, 1.165) is 18.4 Å². The highest BCUT2D eigenvalue weighted by Gasteiger charge is 2.30. The first kappa shape index (κ1) is 14.1. The summed E-state index contributed by atoms with van der Waals surface area (Å²) in [7, 11) is -3.29. The summed E-state index contributed by atoms with van der Waals surface area (Å²) in [6.45, 7) is 2.89. The third-order valence-electron chi connectivity index (χ3n) is 3.24. The van der Waals surface area contributed by atoms with E-state index >= 15 is 0 Å². The molecule has 1 aliphatic rings. The van der Waals surface area contributed by atoms with Gasteiger partial charge < -0.3 is 10.5 Å². The van der Waals surface area contributed by atoms with Gasteiger partial charge in [-0.1, -0.05) is 13.0 Å². The van der Waals surface area contributed by atoms with E-state index in [4.69, 9.17) is 10.5 Å². The van der Waals surface area contributed by atoms with Crippen molar-refractivity contribution in [1.82, 2.24) is 0 Å². The van der Waals surface area contributed by atoms with Crippen molar-refractivity contribution in [3.05, 3.63) is 23.8 Å². The van der Waals surface area contributed by atoms with Crippen LogP contribution in [0.5, 0.6) is 5.75 Å². The predicted molar refractivity (Wildman–Crippen MR) is 76.1 cm³/mol. The van der Waals surface area contributed by atoms with Crippen LogP contribution in [-0.2, 0) is 16.4 Å². The lowest BCUT2D eigenvalue weighted by Gasteiger charge is -2.34. The molecule has 1 unspecified atom stereocenters. The van der Waals surface area contributed by atoms with Gasteiger partial charge in [-0.25, -0.2) is 8.42 Å². The fourth-order valence-corrected chi connectivity index (χ4v) is 3.14. The third kappa shape index (κ3) is 3.01. The van der Waals surface area contributed by atoms with Gasteiger partial charge in [0.2, 0.25) is 10.0 Å². The minimum atomic E-state index is -3.29. The second-order valence-electron chi connectivity index (χ2n) is 4.78. The molecule has 0 radical (unpaired) electrons. The molecule has 0 aliphatic carbocycles. The Hall–Kier alpha value is -1.27. The summed E-state index contributed by atoms with van der Waals surface area (Å²) in [6.07, 6.45) is 2.63. The average Bonchev–Trinajstić information content (AvgIpc) is 2.36. The van der Waals surface area contributed by atoms with Crippen molar-refractivity contribution < 1.29 is 13.2 Å². The lowest BCUT2D eigenvalue weighted by atomic mass is 10.1. The molecule has 5 nitrogen and oxygen atoms in total. The second-order valence-corrected chi connectivity index (χ2v) is 6.69. The molecule has 2 N–H and O–H groups in total. The van der Waals surface area contributed by atoms with E-state index in [9.17, 15) is 8.42 Å². The van der Waals surface area contributed by atoms with Gasteiger partial charge >= 0.3 is 0 Å². The van der Waals surface area contributed by atoms with Crippen LogP contribution in [0.2, 0.25) is 0 Å². The van der Waals surface area contributed by atoms with Gasteiger partial charge in [0.25, 0.3) is 0 Å². The van der Waals surface area contributed by atoms with Crippen LogP contribution in [0.15, 0.2) is 18.2 Å². The third-order valence-corrected chi connectivity index (χ3v) is 4.39. The van der Waals surface area contributed by atoms with Gasteiger partial charge in [0.1, 0.15) is 11.9 Å². The number of hydrogen-bond donors (Lipinski definition) is 1. The minimum absolute atomic E-state index is 0.0948. The quantitative estimate of drug-likeness (QED) is 0.899. The molecule has 6 heteroatoms. The maximum Gasteiger partial charge on any atom is 0.232 e. The maximum absolute atomic E-state index is 11.9. The van der Waals surface area contributed by atoms with Gasteiger partial charge in [0.05, 0.1) is 18.5 Å². The Balaban J connectivity index is 2.45. The molecular formula is C13H20N2O3S. The molecule has 0 spiro atoms. The lowest BCUT2D eigenvalue weighted by molar-refractivity contribution is 0.196. The van der Waals surface area contributed by atoms with E-state index in [1.54, 1.807) is 0 Å². The zero-order valence-electron chi connectivity index (χ0n) is 11.3. The molecule has 0 saturated heterocycles. The molecule has 19 heavy (non-hydrogen) atoms. The largest absolute Gasteiger partial charge is 0.486 e. The molecule has 106 valence electrons. The molecule has 1 atom stereocenters. The van der Waals surface area contributed by atoms with Gasteiger partial charge in [-0.3, -0.25) is 4.31 Å². The summed E-state index contributed by atoms with van der Waals surface area (Å²) in [5, 5.41) is 0. The second kappa shape index (κ2) is 5.38. The van der Waals surface area contributed by atoms with Crippen LogP contribution in [0, 0.1) is 0 Å². The van der Waals surface area contributed by atoms with Crippen molar-refractivity contribution in [2.75, 3.05) is 23.7 Å². The summed E-state index contributed by atoms with van der Waals surface area (Å²) in [5.74, 6) is 0.629. The Bertz CT molecular complexity index is 557. The summed E-state index contributed by atoms with van der Waals surface area (Å²) in [5.41, 5.74) is 7.18. The number of anilines is 1. The van der Waals surface area contributed by atoms with E-state index in [1.165, 1.54) is 10.6 Å². The minimum Gasteiger partial charge on any atom is -0.486 e. The fraction of sp³-hybridized carbons (Fsp3) is 0.538. The summed E-state index contributed by atoms with van der Waals surface area (Å²) in [4.78, 5) is 0. The molecule has 0 amide bonds. The van der Waals surface area contributed by atoms with Crippen LogP contribution in [0.25, 0.3) is 0 Å². The van der Waals surface area contributed by atoms with E-state index in [-0.39, 0.29) is 6.10 Å². The van der Waals surface area contributed by atoms with Crippen LogP contribution in [-0.4, -0.2) is 33.9 Å². The zero-order chi connectivity index (χ0) is 14.0. The van der Waals surface area contributed by atoms with E-state index in [0.29, 0.717) is 24.5 Å². The van der Waals surface area contributed by atoms with Gasteiger partial charge in [0, 0.05) is 0 Å². The Kier molecular flexibility index (Phi) is 4.01. The standard InChI is InChI=1S/C13H20N2O3S/c1-3-11-9-15(19(2,16)17)12-8-10(6-7-14)4-5-13(12)18-11/h4-5,8,11H,3,6-7,9,14H2,1-2H3. The van der Waals surface area contributed by atoms with Crippen molar-refractivity contribution in [3.63, 3.8) is 0 Å². The number of benzene rings is 1. The summed E-state index contributed by atoms with van der Waals surface area (Å²) < 4.78 is 31.1. The number of fused-ring (bicyclic) bond motifs is 1. The van der Waals surface area contributed by atoms with Crippen molar-refractivity contribution >= 4 is 15.7 Å². The van der Waals surface area contributed by atoms with E-state index in [1.807, 2.05) is 25.1 Å². The highest BCUT2D eigenvalue weighted by molar-refractivity contribution is 7.92. The van der Waals surface area contributed by atoms with Gasteiger partial charge in [-0.2, -0.15) is 0 Å². The molecule has 1 aromatic rings. The van der Waals surface area contributed by atoms with E-state index in [2.05, 4.69) is 0 Å². The Morgan fingerprint density at radius 3 is 2.79 bits per heavy atom. The number of nitrogens with zero attached hydrogens (tertiary/aromatic N) is 1. The number of sulfonamides is 1. The predicted octanol–water partition coefficient (Wildman–Crippen LogP) is 1.12. The molecule has 0 fully saturated rings. The molecule has 0 saturated carbocycles. The fourth-order valence-electron chi connectivity index (χ4n) is 2.21.